The molecule has 0 saturated carbocycles. The predicted octanol–water partition coefficient (Wildman–Crippen LogP) is 2.16. The molecule has 0 aliphatic carbocycles. The summed E-state index contributed by atoms with van der Waals surface area (Å²) in [6, 6.07) is 0.620. The van der Waals surface area contributed by atoms with E-state index in [4.69, 9.17) is 4.74 Å². The number of hydrogen-bond acceptors (Lipinski definition) is 3. The first-order valence-corrected chi connectivity index (χ1v) is 6.18. The van der Waals surface area contributed by atoms with Gasteiger partial charge in [-0.2, -0.15) is 0 Å². The average Bonchev–Trinajstić information content (AvgIpc) is 2.63. The van der Waals surface area contributed by atoms with Crippen molar-refractivity contribution in [2.75, 3.05) is 13.1 Å². The Kier molecular flexibility index (Phi) is 4.57. The van der Waals surface area contributed by atoms with E-state index in [9.17, 15) is 4.79 Å². The lowest BCUT2D eigenvalue weighted by molar-refractivity contribution is 0.0290. The Morgan fingerprint density at radius 3 is 2.76 bits per heavy atom. The Bertz CT molecular complexity index is 284. The van der Waals surface area contributed by atoms with E-state index in [0.29, 0.717) is 12.6 Å². The predicted molar refractivity (Wildman–Crippen MR) is 69.0 cm³/mol. The highest BCUT2D eigenvalue weighted by Crippen LogP contribution is 2.15. The largest absolute Gasteiger partial charge is 0.444 e. The first kappa shape index (κ1) is 14.0. The molecule has 17 heavy (non-hydrogen) atoms. The van der Waals surface area contributed by atoms with Crippen molar-refractivity contribution < 1.29 is 9.53 Å². The second-order valence-corrected chi connectivity index (χ2v) is 5.60. The van der Waals surface area contributed by atoms with Crippen LogP contribution in [-0.4, -0.2) is 41.8 Å². The van der Waals surface area contributed by atoms with Crippen LogP contribution in [0.2, 0.25) is 0 Å². The number of ether oxygens (including phenoxy) is 1. The van der Waals surface area contributed by atoms with Gasteiger partial charge in [0.1, 0.15) is 5.60 Å². The Morgan fingerprint density at radius 1 is 1.59 bits per heavy atom. The lowest BCUT2D eigenvalue weighted by Gasteiger charge is -2.24. The molecule has 2 unspecified atom stereocenters. The van der Waals surface area contributed by atoms with E-state index in [1.54, 1.807) is 4.90 Å². The Hall–Kier alpha value is -1.03. The fourth-order valence-corrected chi connectivity index (χ4v) is 1.83. The summed E-state index contributed by atoms with van der Waals surface area (Å²) in [5, 5.41) is 3.41. The first-order valence-electron chi connectivity index (χ1n) is 6.18. The second-order valence-electron chi connectivity index (χ2n) is 5.60. The second kappa shape index (κ2) is 5.54. The Balaban J connectivity index is 2.39. The summed E-state index contributed by atoms with van der Waals surface area (Å²) in [4.78, 5) is 13.6. The minimum absolute atomic E-state index is 0.215. The zero-order valence-electron chi connectivity index (χ0n) is 11.3. The fraction of sp³-hybridized carbons (Fsp3) is 0.769. The third-order valence-corrected chi connectivity index (χ3v) is 2.69. The van der Waals surface area contributed by atoms with Gasteiger partial charge in [-0.25, -0.2) is 4.79 Å². The molecular formula is C13H24N2O2. The van der Waals surface area contributed by atoms with Crippen LogP contribution in [-0.2, 0) is 4.74 Å². The molecule has 0 bridgehead atoms. The van der Waals surface area contributed by atoms with Crippen LogP contribution in [0.4, 0.5) is 4.79 Å². The number of nitrogens with one attached hydrogen (secondary N) is 1. The van der Waals surface area contributed by atoms with Crippen molar-refractivity contribution in [2.45, 2.75) is 51.8 Å². The SMILES string of the molecule is C=CC(C)NC1CCN(C(=O)OC(C)(C)C)C1. The molecule has 4 nitrogen and oxygen atoms in total. The lowest BCUT2D eigenvalue weighted by atomic mass is 10.2. The van der Waals surface area contributed by atoms with E-state index >= 15 is 0 Å². The number of rotatable bonds is 3. The molecule has 4 heteroatoms. The molecule has 1 saturated heterocycles. The zero-order valence-corrected chi connectivity index (χ0v) is 11.3. The van der Waals surface area contributed by atoms with Crippen molar-refractivity contribution >= 4 is 6.09 Å². The smallest absolute Gasteiger partial charge is 0.410 e. The van der Waals surface area contributed by atoms with Crippen LogP contribution in [0.5, 0.6) is 0 Å². The maximum absolute atomic E-state index is 11.8. The number of hydrogen-bond donors (Lipinski definition) is 1. The molecule has 0 spiro atoms. The van der Waals surface area contributed by atoms with Crippen molar-refractivity contribution in [3.63, 3.8) is 0 Å². The van der Waals surface area contributed by atoms with Gasteiger partial charge in [0.15, 0.2) is 0 Å². The van der Waals surface area contributed by atoms with Gasteiger partial charge >= 0.3 is 6.09 Å². The molecule has 1 rings (SSSR count). The minimum Gasteiger partial charge on any atom is -0.444 e. The zero-order chi connectivity index (χ0) is 13.1. The number of likely N-dealkylation sites (tertiary alicyclic amines) is 1. The Morgan fingerprint density at radius 2 is 2.24 bits per heavy atom. The molecule has 0 radical (unpaired) electrons. The normalized spacial score (nSPS) is 22.4. The van der Waals surface area contributed by atoms with Crippen molar-refractivity contribution in [3.05, 3.63) is 12.7 Å². The van der Waals surface area contributed by atoms with Crippen molar-refractivity contribution in [3.8, 4) is 0 Å². The molecule has 1 amide bonds. The number of amides is 1. The van der Waals surface area contributed by atoms with Gasteiger partial charge in [0.2, 0.25) is 0 Å². The summed E-state index contributed by atoms with van der Waals surface area (Å²) in [5.74, 6) is 0. The maximum Gasteiger partial charge on any atom is 0.410 e. The van der Waals surface area contributed by atoms with Gasteiger partial charge in [-0.3, -0.25) is 0 Å². The molecule has 2 atom stereocenters. The molecule has 1 N–H and O–H groups in total. The molecule has 0 aromatic carbocycles. The number of nitrogens with zero attached hydrogens (tertiary/aromatic N) is 1. The van der Waals surface area contributed by atoms with Crippen LogP contribution in [0.15, 0.2) is 12.7 Å². The highest BCUT2D eigenvalue weighted by Gasteiger charge is 2.29. The standard InChI is InChI=1S/C13H24N2O2/c1-6-10(2)14-11-7-8-15(9-11)12(16)17-13(3,4)5/h6,10-11,14H,1,7-9H2,2-5H3. The van der Waals surface area contributed by atoms with Gasteiger partial charge in [0.25, 0.3) is 0 Å². The van der Waals surface area contributed by atoms with Crippen LogP contribution in [0, 0.1) is 0 Å². The third-order valence-electron chi connectivity index (χ3n) is 2.69. The molecule has 1 fully saturated rings. The fourth-order valence-electron chi connectivity index (χ4n) is 1.83. The summed E-state index contributed by atoms with van der Waals surface area (Å²) in [7, 11) is 0. The van der Waals surface area contributed by atoms with Gasteiger partial charge in [-0.05, 0) is 34.1 Å². The van der Waals surface area contributed by atoms with E-state index in [1.165, 1.54) is 0 Å². The van der Waals surface area contributed by atoms with E-state index in [1.807, 2.05) is 26.8 Å². The molecule has 1 aliphatic rings. The molecule has 1 aliphatic heterocycles. The van der Waals surface area contributed by atoms with Crippen LogP contribution in [0.25, 0.3) is 0 Å². The topological polar surface area (TPSA) is 41.6 Å². The summed E-state index contributed by atoms with van der Waals surface area (Å²) < 4.78 is 5.34. The van der Waals surface area contributed by atoms with Gasteiger partial charge in [0.05, 0.1) is 0 Å². The van der Waals surface area contributed by atoms with E-state index < -0.39 is 5.60 Å². The van der Waals surface area contributed by atoms with Crippen molar-refractivity contribution in [1.29, 1.82) is 0 Å². The molecule has 0 aromatic rings. The molecule has 1 heterocycles. The van der Waals surface area contributed by atoms with Crippen LogP contribution < -0.4 is 5.32 Å². The van der Waals surface area contributed by atoms with Crippen LogP contribution >= 0.6 is 0 Å². The number of carbonyl (C=O) groups excluding carboxylic acids is 1. The average molecular weight is 240 g/mol. The quantitative estimate of drug-likeness (QED) is 0.769. The maximum atomic E-state index is 11.8. The van der Waals surface area contributed by atoms with Gasteiger partial charge in [-0.15, -0.1) is 6.58 Å². The minimum atomic E-state index is -0.420. The summed E-state index contributed by atoms with van der Waals surface area (Å²) in [6.45, 7) is 12.9. The summed E-state index contributed by atoms with van der Waals surface area (Å²) in [5.41, 5.74) is -0.420. The summed E-state index contributed by atoms with van der Waals surface area (Å²) in [6.07, 6.45) is 2.63. The van der Waals surface area contributed by atoms with E-state index in [2.05, 4.69) is 18.8 Å². The third kappa shape index (κ3) is 4.77. The van der Waals surface area contributed by atoms with Crippen LogP contribution in [0.1, 0.15) is 34.1 Å². The van der Waals surface area contributed by atoms with E-state index in [0.717, 1.165) is 13.0 Å². The van der Waals surface area contributed by atoms with Gasteiger partial charge in [-0.1, -0.05) is 6.08 Å². The van der Waals surface area contributed by atoms with E-state index in [-0.39, 0.29) is 12.1 Å². The van der Waals surface area contributed by atoms with Crippen LogP contribution in [0.3, 0.4) is 0 Å². The van der Waals surface area contributed by atoms with Gasteiger partial charge in [0, 0.05) is 25.2 Å². The van der Waals surface area contributed by atoms with Gasteiger partial charge < -0.3 is 15.0 Å². The summed E-state index contributed by atoms with van der Waals surface area (Å²) >= 11 is 0. The first-order chi connectivity index (χ1) is 7.81. The highest BCUT2D eigenvalue weighted by molar-refractivity contribution is 5.68. The molecular weight excluding hydrogens is 216 g/mol. The lowest BCUT2D eigenvalue weighted by Crippen LogP contribution is -2.40. The Labute approximate surface area is 104 Å². The number of carbonyl (C=O) groups is 1. The highest BCUT2D eigenvalue weighted by atomic mass is 16.6. The molecule has 98 valence electrons. The molecule has 0 aromatic heterocycles. The van der Waals surface area contributed by atoms with Crippen molar-refractivity contribution in [1.82, 2.24) is 10.2 Å². The van der Waals surface area contributed by atoms with Crippen molar-refractivity contribution in [2.24, 2.45) is 0 Å². The monoisotopic (exact) mass is 240 g/mol.